The lowest BCUT2D eigenvalue weighted by Gasteiger charge is -2.38. The Labute approximate surface area is 137 Å². The highest BCUT2D eigenvalue weighted by Crippen LogP contribution is 2.30. The van der Waals surface area contributed by atoms with E-state index in [1.54, 1.807) is 12.2 Å². The van der Waals surface area contributed by atoms with E-state index < -0.39 is 0 Å². The molecule has 0 aliphatic carbocycles. The van der Waals surface area contributed by atoms with Gasteiger partial charge in [-0.05, 0) is 24.5 Å². The van der Waals surface area contributed by atoms with E-state index in [0.29, 0.717) is 24.4 Å². The van der Waals surface area contributed by atoms with Gasteiger partial charge in [0.15, 0.2) is 0 Å². The van der Waals surface area contributed by atoms with E-state index in [-0.39, 0.29) is 17.9 Å². The van der Waals surface area contributed by atoms with Crippen LogP contribution in [0, 0.1) is 5.92 Å². The minimum Gasteiger partial charge on any atom is -0.333 e. The summed E-state index contributed by atoms with van der Waals surface area (Å²) in [5.41, 5.74) is 1.00. The van der Waals surface area contributed by atoms with Gasteiger partial charge in [0.05, 0.1) is 6.04 Å². The first-order chi connectivity index (χ1) is 10.7. The molecule has 1 aliphatic heterocycles. The Kier molecular flexibility index (Phi) is 6.22. The second-order valence-corrected chi connectivity index (χ2v) is 5.93. The zero-order valence-corrected chi connectivity index (χ0v) is 13.6. The third-order valence-electron chi connectivity index (χ3n) is 4.04. The van der Waals surface area contributed by atoms with Gasteiger partial charge in [-0.2, -0.15) is 0 Å². The van der Waals surface area contributed by atoms with Crippen molar-refractivity contribution in [2.24, 2.45) is 5.92 Å². The molecule has 4 heteroatoms. The first-order valence-electron chi connectivity index (χ1n) is 7.66. The molecule has 1 atom stereocenters. The molecule has 0 spiro atoms. The Morgan fingerprint density at radius 3 is 2.68 bits per heavy atom. The van der Waals surface area contributed by atoms with E-state index in [2.05, 4.69) is 18.5 Å². The van der Waals surface area contributed by atoms with Crippen LogP contribution in [0.1, 0.15) is 24.4 Å². The Hall–Kier alpha value is -1.58. The highest BCUT2D eigenvalue weighted by molar-refractivity contribution is 6.31. The molecule has 1 N–H and O–H groups in total. The van der Waals surface area contributed by atoms with Crippen molar-refractivity contribution in [1.82, 2.24) is 10.2 Å². The third kappa shape index (κ3) is 3.79. The van der Waals surface area contributed by atoms with Crippen molar-refractivity contribution in [3.63, 3.8) is 0 Å². The minimum atomic E-state index is -0.0851. The first kappa shape index (κ1) is 16.8. The monoisotopic (exact) mass is 318 g/mol. The number of allylic oxidation sites excluding steroid dienone is 2. The average Bonchev–Trinajstić information content (AvgIpc) is 2.54. The molecule has 1 fully saturated rings. The fourth-order valence-electron chi connectivity index (χ4n) is 2.93. The molecule has 3 nitrogen and oxygen atoms in total. The molecular weight excluding hydrogens is 296 g/mol. The second kappa shape index (κ2) is 8.16. The molecule has 118 valence electrons. The molecule has 0 bridgehead atoms. The van der Waals surface area contributed by atoms with E-state index in [1.165, 1.54) is 0 Å². The summed E-state index contributed by atoms with van der Waals surface area (Å²) in [6.07, 6.45) is 4.95. The van der Waals surface area contributed by atoms with Gasteiger partial charge in [0.25, 0.3) is 0 Å². The summed E-state index contributed by atoms with van der Waals surface area (Å²) in [5.74, 6) is 0.0734. The predicted molar refractivity (Wildman–Crippen MR) is 91.9 cm³/mol. The van der Waals surface area contributed by atoms with E-state index in [9.17, 15) is 4.79 Å². The van der Waals surface area contributed by atoms with Crippen LogP contribution in [-0.4, -0.2) is 30.4 Å². The highest BCUT2D eigenvalue weighted by atomic mass is 35.5. The number of nitrogens with one attached hydrogen (secondary N) is 1. The number of carbonyl (C=O) groups excluding carboxylic acids is 1. The molecule has 1 aromatic carbocycles. The van der Waals surface area contributed by atoms with Gasteiger partial charge in [0.2, 0.25) is 5.91 Å². The Bertz CT molecular complexity index is 534. The number of piperazine rings is 1. The number of nitrogens with zero attached hydrogens (tertiary/aromatic N) is 1. The summed E-state index contributed by atoms with van der Waals surface area (Å²) in [4.78, 5) is 14.9. The van der Waals surface area contributed by atoms with Crippen molar-refractivity contribution in [2.45, 2.75) is 18.9 Å². The third-order valence-corrected chi connectivity index (χ3v) is 4.39. The Morgan fingerprint density at radius 1 is 1.36 bits per heavy atom. The maximum Gasteiger partial charge on any atom is 0.226 e. The molecule has 0 radical (unpaired) electrons. The number of rotatable bonds is 6. The van der Waals surface area contributed by atoms with Crippen molar-refractivity contribution >= 4 is 17.5 Å². The summed E-state index contributed by atoms with van der Waals surface area (Å²) < 4.78 is 0. The molecule has 1 saturated heterocycles. The molecule has 1 aliphatic rings. The molecule has 0 aromatic heterocycles. The fraction of sp³-hybridized carbons (Fsp3) is 0.389. The number of hydrogen-bond donors (Lipinski definition) is 1. The number of hydrogen-bond acceptors (Lipinski definition) is 2. The van der Waals surface area contributed by atoms with Crippen LogP contribution in [0.5, 0.6) is 0 Å². The standard InChI is InChI=1S/C18H23ClN2O/c1-3-7-14(8-4-2)18(22)21-12-11-20-13-17(21)15-9-5-6-10-16(15)19/h3-6,9-10,14,17,20H,1-2,7-8,11-13H2. The summed E-state index contributed by atoms with van der Waals surface area (Å²) in [7, 11) is 0. The summed E-state index contributed by atoms with van der Waals surface area (Å²) in [6, 6.07) is 7.72. The number of benzene rings is 1. The van der Waals surface area contributed by atoms with E-state index in [1.807, 2.05) is 29.2 Å². The summed E-state index contributed by atoms with van der Waals surface area (Å²) >= 11 is 6.33. The van der Waals surface area contributed by atoms with Crippen LogP contribution in [-0.2, 0) is 4.79 Å². The smallest absolute Gasteiger partial charge is 0.226 e. The molecule has 2 rings (SSSR count). The Morgan fingerprint density at radius 2 is 2.05 bits per heavy atom. The van der Waals surface area contributed by atoms with Crippen LogP contribution < -0.4 is 5.32 Å². The maximum absolute atomic E-state index is 12.9. The van der Waals surface area contributed by atoms with Gasteiger partial charge >= 0.3 is 0 Å². The van der Waals surface area contributed by atoms with Crippen molar-refractivity contribution in [1.29, 1.82) is 0 Å². The molecule has 1 heterocycles. The van der Waals surface area contributed by atoms with E-state index in [4.69, 9.17) is 11.6 Å². The van der Waals surface area contributed by atoms with Crippen molar-refractivity contribution in [2.75, 3.05) is 19.6 Å². The molecular formula is C18H23ClN2O. The summed E-state index contributed by atoms with van der Waals surface area (Å²) in [6.45, 7) is 9.75. The highest BCUT2D eigenvalue weighted by Gasteiger charge is 2.32. The molecule has 1 unspecified atom stereocenters. The SMILES string of the molecule is C=CCC(CC=C)C(=O)N1CCNCC1c1ccccc1Cl. The maximum atomic E-state index is 12.9. The van der Waals surface area contributed by atoms with Crippen molar-refractivity contribution < 1.29 is 4.79 Å². The second-order valence-electron chi connectivity index (χ2n) is 5.52. The van der Waals surface area contributed by atoms with Crippen LogP contribution in [0.3, 0.4) is 0 Å². The largest absolute Gasteiger partial charge is 0.333 e. The number of carbonyl (C=O) groups is 1. The lowest BCUT2D eigenvalue weighted by Crippen LogP contribution is -2.50. The lowest BCUT2D eigenvalue weighted by atomic mass is 9.96. The van der Waals surface area contributed by atoms with Gasteiger partial charge < -0.3 is 10.2 Å². The van der Waals surface area contributed by atoms with Gasteiger partial charge in [-0.15, -0.1) is 13.2 Å². The van der Waals surface area contributed by atoms with Crippen LogP contribution in [0.4, 0.5) is 0 Å². The van der Waals surface area contributed by atoms with Crippen molar-refractivity contribution in [3.8, 4) is 0 Å². The zero-order valence-electron chi connectivity index (χ0n) is 12.8. The topological polar surface area (TPSA) is 32.3 Å². The van der Waals surface area contributed by atoms with Gasteiger partial charge in [-0.3, -0.25) is 4.79 Å². The van der Waals surface area contributed by atoms with E-state index >= 15 is 0 Å². The van der Waals surface area contributed by atoms with Gasteiger partial charge in [-0.1, -0.05) is 42.0 Å². The quantitative estimate of drug-likeness (QED) is 0.813. The van der Waals surface area contributed by atoms with Crippen LogP contribution in [0.15, 0.2) is 49.6 Å². The van der Waals surface area contributed by atoms with Crippen LogP contribution in [0.2, 0.25) is 5.02 Å². The molecule has 1 amide bonds. The van der Waals surface area contributed by atoms with Crippen LogP contribution in [0.25, 0.3) is 0 Å². The normalized spacial score (nSPS) is 18.3. The molecule has 0 saturated carbocycles. The molecule has 1 aromatic rings. The van der Waals surface area contributed by atoms with Gasteiger partial charge in [-0.25, -0.2) is 0 Å². The average molecular weight is 319 g/mol. The number of amides is 1. The Balaban J connectivity index is 2.25. The predicted octanol–water partition coefficient (Wildman–Crippen LogP) is 3.58. The number of halogens is 1. The van der Waals surface area contributed by atoms with Crippen molar-refractivity contribution in [3.05, 3.63) is 60.2 Å². The zero-order chi connectivity index (χ0) is 15.9. The molecule has 22 heavy (non-hydrogen) atoms. The van der Waals surface area contributed by atoms with Crippen LogP contribution >= 0.6 is 11.6 Å². The lowest BCUT2D eigenvalue weighted by molar-refractivity contribution is -0.138. The van der Waals surface area contributed by atoms with Gasteiger partial charge in [0.1, 0.15) is 0 Å². The first-order valence-corrected chi connectivity index (χ1v) is 8.04. The summed E-state index contributed by atoms with van der Waals surface area (Å²) in [5, 5.41) is 4.06. The van der Waals surface area contributed by atoms with Gasteiger partial charge in [0, 0.05) is 30.6 Å². The fourth-order valence-corrected chi connectivity index (χ4v) is 3.19. The minimum absolute atomic E-state index is 0.0212. The van der Waals surface area contributed by atoms with E-state index in [0.717, 1.165) is 18.7 Å².